The maximum Gasteiger partial charge on any atom is 0.341 e. The molecule has 0 saturated carbocycles. The van der Waals surface area contributed by atoms with E-state index in [1.165, 1.54) is 18.4 Å². The smallest absolute Gasteiger partial charge is 0.341 e. The minimum absolute atomic E-state index is 0.271. The van der Waals surface area contributed by atoms with Crippen LogP contribution < -0.4 is 5.32 Å². The van der Waals surface area contributed by atoms with Crippen molar-refractivity contribution < 1.29 is 14.3 Å². The number of pyridine rings is 1. The number of ether oxygens (including phenoxy) is 1. The summed E-state index contributed by atoms with van der Waals surface area (Å²) in [6.45, 7) is 0. The summed E-state index contributed by atoms with van der Waals surface area (Å²) in [6, 6.07) is 17.2. The van der Waals surface area contributed by atoms with Gasteiger partial charge in [0.1, 0.15) is 5.00 Å². The van der Waals surface area contributed by atoms with Gasteiger partial charge in [-0.25, -0.2) is 9.78 Å². The van der Waals surface area contributed by atoms with Gasteiger partial charge < -0.3 is 10.1 Å². The monoisotopic (exact) mass is 506 g/mol. The summed E-state index contributed by atoms with van der Waals surface area (Å²) in [4.78, 5) is 31.8. The van der Waals surface area contributed by atoms with Crippen molar-refractivity contribution >= 4 is 55.0 Å². The van der Waals surface area contributed by atoms with Crippen molar-refractivity contribution in [2.75, 3.05) is 12.4 Å². The van der Waals surface area contributed by atoms with Crippen LogP contribution in [0.25, 0.3) is 22.2 Å². The number of rotatable bonds is 4. The van der Waals surface area contributed by atoms with Gasteiger partial charge >= 0.3 is 5.97 Å². The van der Waals surface area contributed by atoms with Gasteiger partial charge in [0.15, 0.2) is 0 Å². The fourth-order valence-electron chi connectivity index (χ4n) is 4.11. The van der Waals surface area contributed by atoms with Gasteiger partial charge in [-0.2, -0.15) is 0 Å². The van der Waals surface area contributed by atoms with E-state index in [1.54, 1.807) is 6.07 Å². The summed E-state index contributed by atoms with van der Waals surface area (Å²) in [5, 5.41) is 4.31. The van der Waals surface area contributed by atoms with E-state index in [9.17, 15) is 9.59 Å². The number of halogens is 1. The van der Waals surface area contributed by atoms with Gasteiger partial charge in [-0.3, -0.25) is 4.79 Å². The standard InChI is InChI=1S/C25H19BrN2O3S/c1-31-25(30)22-17-6-4-8-21(17)32-24(22)28-23(29)18-13-20(14-9-11-15(26)12-10-14)27-19-7-3-2-5-16(18)19/h2-3,5,7,9-13H,4,6,8H2,1H3,(H,28,29). The van der Waals surface area contributed by atoms with Gasteiger partial charge in [-0.1, -0.05) is 46.3 Å². The van der Waals surface area contributed by atoms with Crippen LogP contribution in [0, 0.1) is 0 Å². The molecule has 0 spiro atoms. The number of anilines is 1. The highest BCUT2D eigenvalue weighted by Gasteiger charge is 2.28. The normalized spacial score (nSPS) is 12.6. The highest BCUT2D eigenvalue weighted by Crippen LogP contribution is 2.40. The first-order valence-corrected chi connectivity index (χ1v) is 11.9. The van der Waals surface area contributed by atoms with Crippen LogP contribution in [0.2, 0.25) is 0 Å². The van der Waals surface area contributed by atoms with Crippen LogP contribution in [0.15, 0.2) is 59.1 Å². The number of carbonyl (C=O) groups is 2. The molecule has 0 unspecified atom stereocenters. The molecule has 2 aromatic heterocycles. The second-order valence-corrected chi connectivity index (χ2v) is 9.61. The largest absolute Gasteiger partial charge is 0.465 e. The number of para-hydroxylation sites is 1. The van der Waals surface area contributed by atoms with E-state index in [2.05, 4.69) is 21.2 Å². The number of hydrogen-bond donors (Lipinski definition) is 1. The Balaban J connectivity index is 1.58. The molecule has 4 aromatic rings. The van der Waals surface area contributed by atoms with Crippen molar-refractivity contribution in [2.45, 2.75) is 19.3 Å². The van der Waals surface area contributed by atoms with Gasteiger partial charge in [0, 0.05) is 20.3 Å². The van der Waals surface area contributed by atoms with Crippen molar-refractivity contribution in [3.8, 4) is 11.3 Å². The maximum atomic E-state index is 13.5. The molecule has 32 heavy (non-hydrogen) atoms. The summed E-state index contributed by atoms with van der Waals surface area (Å²) >= 11 is 4.92. The van der Waals surface area contributed by atoms with E-state index in [0.29, 0.717) is 21.8 Å². The van der Waals surface area contributed by atoms with E-state index < -0.39 is 5.97 Å². The lowest BCUT2D eigenvalue weighted by molar-refractivity contribution is 0.0601. The number of benzene rings is 2. The Bertz CT molecular complexity index is 1360. The molecule has 0 bridgehead atoms. The van der Waals surface area contributed by atoms with Crippen molar-refractivity contribution in [3.63, 3.8) is 0 Å². The molecule has 1 aliphatic carbocycles. The summed E-state index contributed by atoms with van der Waals surface area (Å²) in [7, 11) is 1.37. The van der Waals surface area contributed by atoms with Crippen LogP contribution >= 0.6 is 27.3 Å². The molecule has 0 radical (unpaired) electrons. The molecule has 2 aromatic carbocycles. The molecule has 5 nitrogen and oxygen atoms in total. The Morgan fingerprint density at radius 3 is 2.66 bits per heavy atom. The molecule has 1 N–H and O–H groups in total. The third-order valence-corrected chi connectivity index (χ3v) is 7.37. The number of nitrogens with one attached hydrogen (secondary N) is 1. The van der Waals surface area contributed by atoms with Crippen LogP contribution in [0.5, 0.6) is 0 Å². The Morgan fingerprint density at radius 2 is 1.88 bits per heavy atom. The van der Waals surface area contributed by atoms with Crippen LogP contribution in [0.4, 0.5) is 5.00 Å². The Kier molecular flexibility index (Phi) is 5.53. The zero-order chi connectivity index (χ0) is 22.2. The first kappa shape index (κ1) is 20.8. The SMILES string of the molecule is COC(=O)c1c(NC(=O)c2cc(-c3ccc(Br)cc3)nc3ccccc23)sc2c1CCC2. The Labute approximate surface area is 197 Å². The summed E-state index contributed by atoms with van der Waals surface area (Å²) in [5.74, 6) is -0.679. The molecule has 1 aliphatic rings. The second-order valence-electron chi connectivity index (χ2n) is 7.59. The van der Waals surface area contributed by atoms with Gasteiger partial charge in [0.2, 0.25) is 0 Å². The average Bonchev–Trinajstić information content (AvgIpc) is 3.39. The molecule has 0 atom stereocenters. The lowest BCUT2D eigenvalue weighted by Gasteiger charge is -2.11. The van der Waals surface area contributed by atoms with Crippen molar-refractivity contribution in [3.05, 3.63) is 80.6 Å². The number of methoxy groups -OCH3 is 1. The molecule has 2 heterocycles. The number of thiophene rings is 1. The van der Waals surface area contributed by atoms with Gasteiger partial charge in [0.05, 0.1) is 29.4 Å². The molecule has 0 fully saturated rings. The van der Waals surface area contributed by atoms with Crippen molar-refractivity contribution in [1.82, 2.24) is 4.98 Å². The second kappa shape index (κ2) is 8.48. The molecular weight excluding hydrogens is 488 g/mol. The first-order chi connectivity index (χ1) is 15.5. The molecule has 5 rings (SSSR count). The molecule has 160 valence electrons. The Morgan fingerprint density at radius 1 is 1.09 bits per heavy atom. The predicted molar refractivity (Wildman–Crippen MR) is 131 cm³/mol. The summed E-state index contributed by atoms with van der Waals surface area (Å²) < 4.78 is 5.98. The van der Waals surface area contributed by atoms with Crippen molar-refractivity contribution in [1.29, 1.82) is 0 Å². The van der Waals surface area contributed by atoms with E-state index in [1.807, 2.05) is 48.5 Å². The van der Waals surface area contributed by atoms with Crippen molar-refractivity contribution in [2.24, 2.45) is 0 Å². The van der Waals surface area contributed by atoms with E-state index in [-0.39, 0.29) is 5.91 Å². The number of hydrogen-bond acceptors (Lipinski definition) is 5. The Hall–Kier alpha value is -3.03. The zero-order valence-corrected chi connectivity index (χ0v) is 19.7. The number of carbonyl (C=O) groups excluding carboxylic acids is 2. The average molecular weight is 507 g/mol. The number of aromatic nitrogens is 1. The predicted octanol–water partition coefficient (Wildman–Crippen LogP) is 6.25. The third kappa shape index (κ3) is 3.72. The fourth-order valence-corrected chi connectivity index (χ4v) is 5.65. The van der Waals surface area contributed by atoms with Crippen LogP contribution in [0.3, 0.4) is 0 Å². The van der Waals surface area contributed by atoms with Gasteiger partial charge in [-0.05, 0) is 49.1 Å². The molecule has 7 heteroatoms. The van der Waals surface area contributed by atoms with E-state index in [4.69, 9.17) is 9.72 Å². The van der Waals surface area contributed by atoms with Gasteiger partial charge in [-0.15, -0.1) is 11.3 Å². The fraction of sp³-hybridized carbons (Fsp3) is 0.160. The quantitative estimate of drug-likeness (QED) is 0.332. The molecule has 0 saturated heterocycles. The molecule has 1 amide bonds. The number of amides is 1. The zero-order valence-electron chi connectivity index (χ0n) is 17.3. The number of nitrogens with zero attached hydrogens (tertiary/aromatic N) is 1. The number of aryl methyl sites for hydroxylation is 1. The minimum Gasteiger partial charge on any atom is -0.465 e. The molecular formula is C25H19BrN2O3S. The highest BCUT2D eigenvalue weighted by molar-refractivity contribution is 9.10. The van der Waals surface area contributed by atoms with Crippen LogP contribution in [-0.4, -0.2) is 24.0 Å². The minimum atomic E-state index is -0.408. The van der Waals surface area contributed by atoms with Crippen LogP contribution in [-0.2, 0) is 17.6 Å². The van der Waals surface area contributed by atoms with E-state index >= 15 is 0 Å². The topological polar surface area (TPSA) is 68.3 Å². The van der Waals surface area contributed by atoms with Crippen LogP contribution in [0.1, 0.15) is 37.6 Å². The van der Waals surface area contributed by atoms with E-state index in [0.717, 1.165) is 50.6 Å². The van der Waals surface area contributed by atoms with Gasteiger partial charge in [0.25, 0.3) is 5.91 Å². The molecule has 0 aliphatic heterocycles. The summed E-state index contributed by atoms with van der Waals surface area (Å²) in [5.41, 5.74) is 4.37. The first-order valence-electron chi connectivity index (χ1n) is 10.2. The maximum absolute atomic E-state index is 13.5. The number of esters is 1. The third-order valence-electron chi connectivity index (χ3n) is 5.64. The number of fused-ring (bicyclic) bond motifs is 2. The lowest BCUT2D eigenvalue weighted by Crippen LogP contribution is -2.15. The lowest BCUT2D eigenvalue weighted by atomic mass is 10.0. The highest BCUT2D eigenvalue weighted by atomic mass is 79.9. The summed E-state index contributed by atoms with van der Waals surface area (Å²) in [6.07, 6.45) is 2.77.